The summed E-state index contributed by atoms with van der Waals surface area (Å²) in [6, 6.07) is 14.1. The van der Waals surface area contributed by atoms with E-state index < -0.39 is 0 Å². The Labute approximate surface area is 158 Å². The average Bonchev–Trinajstić information content (AvgIpc) is 3.13. The molecule has 1 N–H and O–H groups in total. The Bertz CT molecular complexity index is 966. The van der Waals surface area contributed by atoms with Crippen LogP contribution in [0.25, 0.3) is 16.8 Å². The van der Waals surface area contributed by atoms with Gasteiger partial charge in [0.1, 0.15) is 11.6 Å². The van der Waals surface area contributed by atoms with E-state index in [0.29, 0.717) is 6.54 Å². The number of carbonyl (C=O) groups is 1. The molecule has 1 fully saturated rings. The van der Waals surface area contributed by atoms with E-state index in [1.54, 1.807) is 14.2 Å². The van der Waals surface area contributed by atoms with E-state index in [0.717, 1.165) is 47.7 Å². The van der Waals surface area contributed by atoms with Gasteiger partial charge >= 0.3 is 6.03 Å². The molecule has 6 heteroatoms. The van der Waals surface area contributed by atoms with Crippen molar-refractivity contribution in [2.75, 3.05) is 27.2 Å². The first kappa shape index (κ1) is 17.4. The third kappa shape index (κ3) is 3.23. The summed E-state index contributed by atoms with van der Waals surface area (Å²) in [6.07, 6.45) is 4.06. The van der Waals surface area contributed by atoms with Crippen LogP contribution in [0.3, 0.4) is 0 Å². The molecule has 1 saturated heterocycles. The Balaban J connectivity index is 1.77. The first-order valence-corrected chi connectivity index (χ1v) is 9.29. The van der Waals surface area contributed by atoms with Gasteiger partial charge in [0.25, 0.3) is 0 Å². The van der Waals surface area contributed by atoms with Gasteiger partial charge in [-0.15, -0.1) is 0 Å². The zero-order valence-corrected chi connectivity index (χ0v) is 15.7. The molecule has 1 aromatic carbocycles. The molecule has 3 aromatic rings. The number of carbonyl (C=O) groups excluding carboxylic acids is 1. The number of likely N-dealkylation sites (tertiary alicyclic amines) is 1. The number of imidazole rings is 1. The number of fused-ring (bicyclic) bond motifs is 1. The number of ether oxygens (including phenoxy) is 1. The standard InChI is InChI=1S/C21H24N4O2/c1-22-21(26)24-11-6-8-16(14-24)20-23-19(18-10-3-4-12-25(18)20)15-7-5-9-17(13-15)27-2/h3-5,7,9-10,12-13,16H,6,8,11,14H2,1-2H3,(H,22,26)/t16-/m1/s1. The van der Waals surface area contributed by atoms with Crippen LogP contribution in [-0.2, 0) is 0 Å². The number of amides is 2. The molecule has 0 aliphatic carbocycles. The minimum atomic E-state index is -0.0198. The number of rotatable bonds is 3. The first-order chi connectivity index (χ1) is 13.2. The van der Waals surface area contributed by atoms with Gasteiger partial charge in [-0.05, 0) is 37.1 Å². The molecule has 2 amide bonds. The summed E-state index contributed by atoms with van der Waals surface area (Å²) in [5.41, 5.74) is 3.04. The molecule has 6 nitrogen and oxygen atoms in total. The van der Waals surface area contributed by atoms with Gasteiger partial charge in [-0.2, -0.15) is 0 Å². The maximum Gasteiger partial charge on any atom is 0.317 e. The van der Waals surface area contributed by atoms with Crippen LogP contribution < -0.4 is 10.1 Å². The summed E-state index contributed by atoms with van der Waals surface area (Å²) >= 11 is 0. The zero-order valence-electron chi connectivity index (χ0n) is 15.7. The number of nitrogens with one attached hydrogen (secondary N) is 1. The van der Waals surface area contributed by atoms with Crippen molar-refractivity contribution in [2.45, 2.75) is 18.8 Å². The van der Waals surface area contributed by atoms with Crippen molar-refractivity contribution in [3.05, 3.63) is 54.5 Å². The highest BCUT2D eigenvalue weighted by molar-refractivity contribution is 5.78. The molecule has 27 heavy (non-hydrogen) atoms. The summed E-state index contributed by atoms with van der Waals surface area (Å²) in [7, 11) is 3.35. The lowest BCUT2D eigenvalue weighted by molar-refractivity contribution is 0.180. The summed E-state index contributed by atoms with van der Waals surface area (Å²) < 4.78 is 7.54. The fourth-order valence-electron chi connectivity index (χ4n) is 3.86. The van der Waals surface area contributed by atoms with Crippen LogP contribution in [0.15, 0.2) is 48.7 Å². The SMILES string of the molecule is CNC(=O)N1CCC[C@@H](c2nc(-c3cccc(OC)c3)c3ccccn23)C1. The second-order valence-corrected chi connectivity index (χ2v) is 6.85. The second-order valence-electron chi connectivity index (χ2n) is 6.85. The molecule has 0 unspecified atom stereocenters. The molecular weight excluding hydrogens is 340 g/mol. The minimum absolute atomic E-state index is 0.0198. The monoisotopic (exact) mass is 364 g/mol. The van der Waals surface area contributed by atoms with E-state index in [1.807, 2.05) is 35.2 Å². The van der Waals surface area contributed by atoms with E-state index in [1.165, 1.54) is 0 Å². The van der Waals surface area contributed by atoms with Gasteiger partial charge in [0, 0.05) is 37.8 Å². The summed E-state index contributed by atoms with van der Waals surface area (Å²) in [5.74, 6) is 2.04. The van der Waals surface area contributed by atoms with Crippen LogP contribution in [0.4, 0.5) is 4.79 Å². The number of hydrogen-bond donors (Lipinski definition) is 1. The summed E-state index contributed by atoms with van der Waals surface area (Å²) in [4.78, 5) is 19.0. The number of pyridine rings is 1. The Morgan fingerprint density at radius 1 is 1.26 bits per heavy atom. The van der Waals surface area contributed by atoms with E-state index in [4.69, 9.17) is 9.72 Å². The number of hydrogen-bond acceptors (Lipinski definition) is 3. The number of nitrogens with zero attached hydrogens (tertiary/aromatic N) is 3. The van der Waals surface area contributed by atoms with Gasteiger partial charge in [-0.25, -0.2) is 9.78 Å². The average molecular weight is 364 g/mol. The third-order valence-electron chi connectivity index (χ3n) is 5.21. The van der Waals surface area contributed by atoms with Gasteiger partial charge < -0.3 is 19.4 Å². The Morgan fingerprint density at radius 3 is 2.96 bits per heavy atom. The van der Waals surface area contributed by atoms with Gasteiger partial charge in [-0.3, -0.25) is 0 Å². The van der Waals surface area contributed by atoms with Gasteiger partial charge in [0.05, 0.1) is 18.3 Å². The van der Waals surface area contributed by atoms with Gasteiger partial charge in [-0.1, -0.05) is 18.2 Å². The molecular formula is C21H24N4O2. The Hall–Kier alpha value is -3.02. The molecule has 0 radical (unpaired) electrons. The molecule has 1 aliphatic rings. The van der Waals surface area contributed by atoms with Gasteiger partial charge in [0.15, 0.2) is 0 Å². The van der Waals surface area contributed by atoms with Gasteiger partial charge in [0.2, 0.25) is 0 Å². The molecule has 0 spiro atoms. The zero-order chi connectivity index (χ0) is 18.8. The minimum Gasteiger partial charge on any atom is -0.497 e. The largest absolute Gasteiger partial charge is 0.497 e. The summed E-state index contributed by atoms with van der Waals surface area (Å²) in [6.45, 7) is 1.48. The molecule has 1 atom stereocenters. The fourth-order valence-corrected chi connectivity index (χ4v) is 3.86. The highest BCUT2D eigenvalue weighted by Crippen LogP contribution is 2.33. The number of benzene rings is 1. The molecule has 2 aromatic heterocycles. The lowest BCUT2D eigenvalue weighted by atomic mass is 9.97. The predicted molar refractivity (Wildman–Crippen MR) is 105 cm³/mol. The molecule has 4 rings (SSSR count). The second kappa shape index (κ2) is 7.31. The lowest BCUT2D eigenvalue weighted by Gasteiger charge is -2.31. The van der Waals surface area contributed by atoms with E-state index in [9.17, 15) is 4.79 Å². The highest BCUT2D eigenvalue weighted by atomic mass is 16.5. The van der Waals surface area contributed by atoms with E-state index in [-0.39, 0.29) is 11.9 Å². The van der Waals surface area contributed by atoms with Crippen LogP contribution in [0, 0.1) is 0 Å². The van der Waals surface area contributed by atoms with E-state index >= 15 is 0 Å². The van der Waals surface area contributed by atoms with Crippen LogP contribution in [0.2, 0.25) is 0 Å². The number of aromatic nitrogens is 2. The molecule has 1 aliphatic heterocycles. The van der Waals surface area contributed by atoms with Crippen LogP contribution in [0.5, 0.6) is 5.75 Å². The normalized spacial score (nSPS) is 17.1. The van der Waals surface area contributed by atoms with E-state index in [2.05, 4.69) is 28.0 Å². The fraction of sp³-hybridized carbons (Fsp3) is 0.333. The van der Waals surface area contributed by atoms with Crippen molar-refractivity contribution >= 4 is 11.5 Å². The maximum atomic E-state index is 12.1. The number of methoxy groups -OCH3 is 1. The van der Waals surface area contributed by atoms with Crippen LogP contribution in [-0.4, -0.2) is 47.6 Å². The van der Waals surface area contributed by atoms with Crippen molar-refractivity contribution in [3.8, 4) is 17.0 Å². The molecule has 140 valence electrons. The van der Waals surface area contributed by atoms with Crippen LogP contribution >= 0.6 is 0 Å². The predicted octanol–water partition coefficient (Wildman–Crippen LogP) is 3.53. The lowest BCUT2D eigenvalue weighted by Crippen LogP contribution is -2.44. The van der Waals surface area contributed by atoms with Crippen molar-refractivity contribution in [2.24, 2.45) is 0 Å². The molecule has 0 saturated carbocycles. The molecule has 3 heterocycles. The number of urea groups is 1. The Morgan fingerprint density at radius 2 is 2.15 bits per heavy atom. The third-order valence-corrected chi connectivity index (χ3v) is 5.21. The maximum absolute atomic E-state index is 12.1. The quantitative estimate of drug-likeness (QED) is 0.773. The summed E-state index contributed by atoms with van der Waals surface area (Å²) in [5, 5.41) is 2.73. The van der Waals surface area contributed by atoms with Crippen molar-refractivity contribution in [1.82, 2.24) is 19.6 Å². The van der Waals surface area contributed by atoms with Crippen molar-refractivity contribution < 1.29 is 9.53 Å². The first-order valence-electron chi connectivity index (χ1n) is 9.29. The van der Waals surface area contributed by atoms with Crippen molar-refractivity contribution in [1.29, 1.82) is 0 Å². The highest BCUT2D eigenvalue weighted by Gasteiger charge is 2.28. The topological polar surface area (TPSA) is 58.9 Å². The smallest absolute Gasteiger partial charge is 0.317 e. The molecule has 0 bridgehead atoms. The van der Waals surface area contributed by atoms with Crippen molar-refractivity contribution in [3.63, 3.8) is 0 Å². The Kier molecular flexibility index (Phi) is 4.71. The van der Waals surface area contributed by atoms with Crippen LogP contribution in [0.1, 0.15) is 24.6 Å². The number of piperidine rings is 1.